The minimum atomic E-state index is -1.20. The number of hydrogen-bond acceptors (Lipinski definition) is 6. The number of rotatable bonds is 5. The van der Waals surface area contributed by atoms with Gasteiger partial charge in [-0.1, -0.05) is 34.8 Å². The van der Waals surface area contributed by atoms with Crippen molar-refractivity contribution in [2.75, 3.05) is 6.61 Å². The predicted octanol–water partition coefficient (Wildman–Crippen LogP) is 3.65. The van der Waals surface area contributed by atoms with Crippen molar-refractivity contribution < 1.29 is 29.5 Å². The summed E-state index contributed by atoms with van der Waals surface area (Å²) in [5, 5.41) is 30.2. The fourth-order valence-corrected chi connectivity index (χ4v) is 3.23. The Morgan fingerprint density at radius 1 is 0.963 bits per heavy atom. The van der Waals surface area contributed by atoms with Crippen molar-refractivity contribution in [3.63, 3.8) is 0 Å². The van der Waals surface area contributed by atoms with Gasteiger partial charge in [0.05, 0.1) is 17.7 Å². The van der Waals surface area contributed by atoms with Crippen molar-refractivity contribution in [1.82, 2.24) is 0 Å². The van der Waals surface area contributed by atoms with Gasteiger partial charge in [-0.2, -0.15) is 0 Å². The molecule has 2 aromatic carbocycles. The van der Waals surface area contributed by atoms with Crippen LogP contribution < -0.4 is 9.47 Å². The first-order chi connectivity index (χ1) is 12.9. The molecule has 0 aromatic heterocycles. The number of ether oxygens (including phenoxy) is 3. The number of aliphatic hydroxyl groups is 3. The van der Waals surface area contributed by atoms with E-state index in [9.17, 15) is 15.3 Å². The van der Waals surface area contributed by atoms with Crippen molar-refractivity contribution >= 4 is 34.8 Å². The lowest BCUT2D eigenvalue weighted by Gasteiger charge is -2.36. The largest absolute Gasteiger partial charge is 0.461 e. The van der Waals surface area contributed by atoms with E-state index in [1.54, 1.807) is 30.3 Å². The summed E-state index contributed by atoms with van der Waals surface area (Å²) in [6.45, 7) is -0.461. The molecule has 1 aliphatic heterocycles. The van der Waals surface area contributed by atoms with Gasteiger partial charge < -0.3 is 29.5 Å². The van der Waals surface area contributed by atoms with Crippen LogP contribution in [0.1, 0.15) is 6.42 Å². The molecule has 3 N–H and O–H groups in total. The van der Waals surface area contributed by atoms with E-state index in [0.717, 1.165) is 0 Å². The number of aliphatic hydroxyl groups excluding tert-OH is 3. The van der Waals surface area contributed by atoms with E-state index in [1.807, 2.05) is 0 Å². The van der Waals surface area contributed by atoms with E-state index < -0.39 is 31.2 Å². The van der Waals surface area contributed by atoms with E-state index in [2.05, 4.69) is 0 Å². The van der Waals surface area contributed by atoms with Crippen molar-refractivity contribution in [1.29, 1.82) is 0 Å². The molecule has 0 amide bonds. The van der Waals surface area contributed by atoms with Gasteiger partial charge in [0.15, 0.2) is 11.5 Å². The van der Waals surface area contributed by atoms with Gasteiger partial charge in [-0.15, -0.1) is 0 Å². The third-order valence-electron chi connectivity index (χ3n) is 3.99. The average molecular weight is 436 g/mol. The average Bonchev–Trinajstić information content (AvgIpc) is 2.62. The van der Waals surface area contributed by atoms with Gasteiger partial charge in [0, 0.05) is 22.5 Å². The minimum Gasteiger partial charge on any atom is -0.461 e. The second-order valence-electron chi connectivity index (χ2n) is 5.97. The Hall–Kier alpha value is -1.25. The van der Waals surface area contributed by atoms with Crippen LogP contribution in [0.15, 0.2) is 36.4 Å². The zero-order chi connectivity index (χ0) is 19.6. The standard InChI is InChI=1S/C18H17Cl3O6/c19-9-1-3-13(11(21)5-9)25-14-4-2-10(20)6-15(14)26-17-7-12(23)18(24)16(8-22)27-17/h1-6,12,16-18,22-24H,7-8H2. The van der Waals surface area contributed by atoms with E-state index in [0.29, 0.717) is 26.6 Å². The Bertz CT molecular complexity index is 803. The highest BCUT2D eigenvalue weighted by Gasteiger charge is 2.37. The molecule has 2 aromatic rings. The highest BCUT2D eigenvalue weighted by Crippen LogP contribution is 2.38. The monoisotopic (exact) mass is 434 g/mol. The van der Waals surface area contributed by atoms with Gasteiger partial charge in [0.2, 0.25) is 6.29 Å². The molecular weight excluding hydrogens is 419 g/mol. The zero-order valence-corrected chi connectivity index (χ0v) is 16.2. The second kappa shape index (κ2) is 8.84. The van der Waals surface area contributed by atoms with Gasteiger partial charge >= 0.3 is 0 Å². The summed E-state index contributed by atoms with van der Waals surface area (Å²) in [7, 11) is 0. The predicted molar refractivity (Wildman–Crippen MR) is 101 cm³/mol. The molecule has 0 aliphatic carbocycles. The second-order valence-corrected chi connectivity index (χ2v) is 7.25. The zero-order valence-electron chi connectivity index (χ0n) is 13.9. The van der Waals surface area contributed by atoms with Crippen LogP contribution in [0.4, 0.5) is 0 Å². The number of halogens is 3. The molecule has 0 spiro atoms. The molecule has 0 bridgehead atoms. The number of hydrogen-bond donors (Lipinski definition) is 3. The summed E-state index contributed by atoms with van der Waals surface area (Å²) < 4.78 is 17.1. The van der Waals surface area contributed by atoms with Crippen LogP contribution in [0.5, 0.6) is 17.2 Å². The van der Waals surface area contributed by atoms with E-state index in [4.69, 9.17) is 49.0 Å². The quantitative estimate of drug-likeness (QED) is 0.664. The van der Waals surface area contributed by atoms with E-state index in [1.165, 1.54) is 6.07 Å². The Kier molecular flexibility index (Phi) is 6.70. The molecule has 6 nitrogen and oxygen atoms in total. The molecule has 3 rings (SSSR count). The van der Waals surface area contributed by atoms with Crippen LogP contribution in [-0.4, -0.2) is 46.5 Å². The lowest BCUT2D eigenvalue weighted by atomic mass is 10.0. The third-order valence-corrected chi connectivity index (χ3v) is 4.76. The minimum absolute atomic E-state index is 0.00528. The molecule has 9 heteroatoms. The van der Waals surface area contributed by atoms with Crippen LogP contribution in [-0.2, 0) is 4.74 Å². The van der Waals surface area contributed by atoms with Crippen LogP contribution in [0.25, 0.3) is 0 Å². The SMILES string of the molecule is OCC1OC(Oc2cc(Cl)ccc2Oc2ccc(Cl)cc2Cl)CC(O)C1O. The van der Waals surface area contributed by atoms with E-state index >= 15 is 0 Å². The highest BCUT2D eigenvalue weighted by molar-refractivity contribution is 6.35. The molecular formula is C18H17Cl3O6. The Morgan fingerprint density at radius 3 is 2.30 bits per heavy atom. The van der Waals surface area contributed by atoms with Crippen LogP contribution in [0.3, 0.4) is 0 Å². The molecule has 1 fully saturated rings. The van der Waals surface area contributed by atoms with E-state index in [-0.39, 0.29) is 12.2 Å². The molecule has 4 atom stereocenters. The normalized spacial score (nSPS) is 25.3. The lowest BCUT2D eigenvalue weighted by molar-refractivity contribution is -0.230. The van der Waals surface area contributed by atoms with Gasteiger partial charge in [-0.25, -0.2) is 0 Å². The smallest absolute Gasteiger partial charge is 0.203 e. The Morgan fingerprint density at radius 2 is 1.63 bits per heavy atom. The first kappa shape index (κ1) is 20.5. The summed E-state index contributed by atoms with van der Waals surface area (Å²) in [4.78, 5) is 0. The van der Waals surface area contributed by atoms with Crippen molar-refractivity contribution in [2.24, 2.45) is 0 Å². The van der Waals surface area contributed by atoms with Crippen LogP contribution >= 0.6 is 34.8 Å². The fraction of sp³-hybridized carbons (Fsp3) is 0.333. The Balaban J connectivity index is 1.82. The summed E-state index contributed by atoms with van der Waals surface area (Å²) >= 11 is 18.1. The van der Waals surface area contributed by atoms with Crippen LogP contribution in [0.2, 0.25) is 15.1 Å². The topological polar surface area (TPSA) is 88.4 Å². The molecule has 1 saturated heterocycles. The van der Waals surface area contributed by atoms with Gasteiger partial charge in [-0.3, -0.25) is 0 Å². The molecule has 27 heavy (non-hydrogen) atoms. The first-order valence-corrected chi connectivity index (χ1v) is 9.22. The summed E-state index contributed by atoms with van der Waals surface area (Å²) in [5.41, 5.74) is 0. The molecule has 1 heterocycles. The van der Waals surface area contributed by atoms with Gasteiger partial charge in [0.25, 0.3) is 0 Å². The molecule has 146 valence electrons. The maximum atomic E-state index is 9.94. The maximum Gasteiger partial charge on any atom is 0.203 e. The first-order valence-electron chi connectivity index (χ1n) is 8.09. The number of benzene rings is 2. The fourth-order valence-electron chi connectivity index (χ4n) is 2.62. The molecule has 1 aliphatic rings. The van der Waals surface area contributed by atoms with Gasteiger partial charge in [0.1, 0.15) is 18.0 Å². The summed E-state index contributed by atoms with van der Waals surface area (Å²) in [6.07, 6.45) is -4.17. The van der Waals surface area contributed by atoms with Crippen molar-refractivity contribution in [3.8, 4) is 17.2 Å². The maximum absolute atomic E-state index is 9.94. The van der Waals surface area contributed by atoms with Crippen LogP contribution in [0, 0.1) is 0 Å². The van der Waals surface area contributed by atoms with Crippen molar-refractivity contribution in [2.45, 2.75) is 31.0 Å². The lowest BCUT2D eigenvalue weighted by Crippen LogP contribution is -2.51. The summed E-state index contributed by atoms with van der Waals surface area (Å²) in [6, 6.07) is 9.53. The Labute approximate surface area is 170 Å². The summed E-state index contributed by atoms with van der Waals surface area (Å²) in [5.74, 6) is 0.925. The van der Waals surface area contributed by atoms with Crippen molar-refractivity contribution in [3.05, 3.63) is 51.5 Å². The molecule has 4 unspecified atom stereocenters. The molecule has 0 saturated carbocycles. The third kappa shape index (κ3) is 4.97. The van der Waals surface area contributed by atoms with Gasteiger partial charge in [-0.05, 0) is 30.3 Å². The molecule has 0 radical (unpaired) electrons. The highest BCUT2D eigenvalue weighted by atomic mass is 35.5.